The van der Waals surface area contributed by atoms with Crippen LogP contribution in [0.15, 0.2) is 23.7 Å². The average molecular weight is 168 g/mol. The molecule has 0 radical (unpaired) electrons. The molecule has 11 heavy (non-hydrogen) atoms. The summed E-state index contributed by atoms with van der Waals surface area (Å²) in [4.78, 5) is 6.30. The first-order valence-electron chi connectivity index (χ1n) is 3.56. The summed E-state index contributed by atoms with van der Waals surface area (Å²) in [5.74, 6) is 0. The molecule has 0 saturated carbocycles. The van der Waals surface area contributed by atoms with Gasteiger partial charge in [0, 0.05) is 25.2 Å². The van der Waals surface area contributed by atoms with E-state index >= 15 is 0 Å². The number of aromatic nitrogens is 1. The molecule has 60 valence electrons. The van der Waals surface area contributed by atoms with Gasteiger partial charge in [-0.3, -0.25) is 0 Å². The van der Waals surface area contributed by atoms with Crippen LogP contribution in [-0.4, -0.2) is 18.6 Å². The largest absolute Gasteiger partial charge is 0.347 e. The van der Waals surface area contributed by atoms with E-state index in [1.54, 1.807) is 11.3 Å². The van der Waals surface area contributed by atoms with Crippen molar-refractivity contribution >= 4 is 16.5 Å². The van der Waals surface area contributed by atoms with Crippen molar-refractivity contribution in [2.24, 2.45) is 0 Å². The van der Waals surface area contributed by atoms with Crippen LogP contribution in [0.1, 0.15) is 6.92 Å². The third-order valence-corrected chi connectivity index (χ3v) is 2.25. The fourth-order valence-corrected chi connectivity index (χ4v) is 1.37. The van der Waals surface area contributed by atoms with Crippen molar-refractivity contribution < 1.29 is 0 Å². The number of allylic oxidation sites excluding steroid dienone is 1. The van der Waals surface area contributed by atoms with E-state index in [-0.39, 0.29) is 0 Å². The fourth-order valence-electron chi connectivity index (χ4n) is 0.746. The Labute approximate surface area is 71.2 Å². The molecule has 1 rings (SSSR count). The number of likely N-dealkylation sites (N-methyl/N-ethyl adjacent to an activating group) is 1. The van der Waals surface area contributed by atoms with Gasteiger partial charge in [0.1, 0.15) is 0 Å². The van der Waals surface area contributed by atoms with E-state index in [1.807, 2.05) is 31.6 Å². The van der Waals surface area contributed by atoms with Crippen molar-refractivity contribution in [3.05, 3.63) is 23.7 Å². The SMILES string of the molecule is CC=CCN(C)c1nccs1. The van der Waals surface area contributed by atoms with E-state index in [0.29, 0.717) is 0 Å². The van der Waals surface area contributed by atoms with E-state index in [1.165, 1.54) is 0 Å². The molecule has 0 saturated heterocycles. The molecule has 1 aromatic heterocycles. The van der Waals surface area contributed by atoms with Gasteiger partial charge in [0.25, 0.3) is 0 Å². The van der Waals surface area contributed by atoms with E-state index in [0.717, 1.165) is 11.7 Å². The van der Waals surface area contributed by atoms with Crippen LogP contribution in [0.2, 0.25) is 0 Å². The highest BCUT2D eigenvalue weighted by Gasteiger charge is 1.98. The lowest BCUT2D eigenvalue weighted by atomic mass is 10.5. The van der Waals surface area contributed by atoms with Gasteiger partial charge < -0.3 is 4.90 Å². The molecule has 0 unspecified atom stereocenters. The lowest BCUT2D eigenvalue weighted by Crippen LogP contribution is -2.16. The average Bonchev–Trinajstić information content (AvgIpc) is 2.52. The molecule has 1 aromatic rings. The van der Waals surface area contributed by atoms with E-state index in [2.05, 4.69) is 16.0 Å². The monoisotopic (exact) mass is 168 g/mol. The van der Waals surface area contributed by atoms with Crippen LogP contribution in [0.3, 0.4) is 0 Å². The summed E-state index contributed by atoms with van der Waals surface area (Å²) in [5.41, 5.74) is 0. The minimum Gasteiger partial charge on any atom is -0.347 e. The Kier molecular flexibility index (Phi) is 3.11. The highest BCUT2D eigenvalue weighted by molar-refractivity contribution is 7.13. The lowest BCUT2D eigenvalue weighted by molar-refractivity contribution is 1.01. The Morgan fingerprint density at radius 2 is 2.55 bits per heavy atom. The summed E-state index contributed by atoms with van der Waals surface area (Å²) >= 11 is 1.66. The number of thiazole rings is 1. The quantitative estimate of drug-likeness (QED) is 0.643. The summed E-state index contributed by atoms with van der Waals surface area (Å²) < 4.78 is 0. The van der Waals surface area contributed by atoms with Crippen molar-refractivity contribution in [3.63, 3.8) is 0 Å². The van der Waals surface area contributed by atoms with Crippen LogP contribution >= 0.6 is 11.3 Å². The minimum absolute atomic E-state index is 0.935. The number of anilines is 1. The Bertz CT molecular complexity index is 216. The van der Waals surface area contributed by atoms with Crippen LogP contribution in [-0.2, 0) is 0 Å². The topological polar surface area (TPSA) is 16.1 Å². The molecule has 0 atom stereocenters. The zero-order valence-corrected chi connectivity index (χ0v) is 7.64. The standard InChI is InChI=1S/C8H12N2S/c1-3-4-6-10(2)8-9-5-7-11-8/h3-5,7H,6H2,1-2H3. The maximum absolute atomic E-state index is 4.18. The van der Waals surface area contributed by atoms with Gasteiger partial charge in [-0.15, -0.1) is 11.3 Å². The molecule has 0 spiro atoms. The summed E-state index contributed by atoms with van der Waals surface area (Å²) in [6.45, 7) is 2.96. The van der Waals surface area contributed by atoms with Crippen molar-refractivity contribution in [1.29, 1.82) is 0 Å². The van der Waals surface area contributed by atoms with Crippen LogP contribution in [0.25, 0.3) is 0 Å². The molecule has 3 heteroatoms. The van der Waals surface area contributed by atoms with Gasteiger partial charge in [-0.25, -0.2) is 4.98 Å². The zero-order chi connectivity index (χ0) is 8.10. The first kappa shape index (κ1) is 8.27. The summed E-state index contributed by atoms with van der Waals surface area (Å²) in [6.07, 6.45) is 5.98. The molecule has 0 bridgehead atoms. The van der Waals surface area contributed by atoms with E-state index in [4.69, 9.17) is 0 Å². The summed E-state index contributed by atoms with van der Waals surface area (Å²) in [5, 5.41) is 3.06. The molecular formula is C8H12N2S. The predicted octanol–water partition coefficient (Wildman–Crippen LogP) is 2.16. The van der Waals surface area contributed by atoms with E-state index < -0.39 is 0 Å². The van der Waals surface area contributed by atoms with Crippen molar-refractivity contribution in [2.45, 2.75) is 6.92 Å². The van der Waals surface area contributed by atoms with Gasteiger partial charge in [0.2, 0.25) is 0 Å². The fraction of sp³-hybridized carbons (Fsp3) is 0.375. The van der Waals surface area contributed by atoms with Crippen LogP contribution < -0.4 is 4.90 Å². The van der Waals surface area contributed by atoms with Gasteiger partial charge in [0.15, 0.2) is 5.13 Å². The van der Waals surface area contributed by atoms with Gasteiger partial charge >= 0.3 is 0 Å². The maximum atomic E-state index is 4.18. The zero-order valence-electron chi connectivity index (χ0n) is 6.82. The van der Waals surface area contributed by atoms with Crippen LogP contribution in [0.4, 0.5) is 5.13 Å². The van der Waals surface area contributed by atoms with Gasteiger partial charge in [0.05, 0.1) is 0 Å². The molecule has 0 amide bonds. The smallest absolute Gasteiger partial charge is 0.185 e. The summed E-state index contributed by atoms with van der Waals surface area (Å²) in [7, 11) is 2.04. The molecule has 0 N–H and O–H groups in total. The van der Waals surface area contributed by atoms with Gasteiger partial charge in [-0.05, 0) is 6.92 Å². The normalized spacial score (nSPS) is 10.7. The molecule has 0 aliphatic carbocycles. The van der Waals surface area contributed by atoms with Crippen LogP contribution in [0.5, 0.6) is 0 Å². The highest BCUT2D eigenvalue weighted by atomic mass is 32.1. The highest BCUT2D eigenvalue weighted by Crippen LogP contribution is 2.14. The molecule has 0 aliphatic rings. The number of rotatable bonds is 3. The molecule has 2 nitrogen and oxygen atoms in total. The number of nitrogens with zero attached hydrogens (tertiary/aromatic N) is 2. The summed E-state index contributed by atoms with van der Waals surface area (Å²) in [6, 6.07) is 0. The predicted molar refractivity (Wildman–Crippen MR) is 50.2 cm³/mol. The van der Waals surface area contributed by atoms with Gasteiger partial charge in [-0.1, -0.05) is 12.2 Å². The Morgan fingerprint density at radius 1 is 1.73 bits per heavy atom. The number of hydrogen-bond donors (Lipinski definition) is 0. The second kappa shape index (κ2) is 4.13. The molecule has 1 heterocycles. The second-order valence-electron chi connectivity index (χ2n) is 2.26. The third-order valence-electron chi connectivity index (χ3n) is 1.36. The van der Waals surface area contributed by atoms with Crippen molar-refractivity contribution in [3.8, 4) is 0 Å². The van der Waals surface area contributed by atoms with Gasteiger partial charge in [-0.2, -0.15) is 0 Å². The number of hydrogen-bond acceptors (Lipinski definition) is 3. The lowest BCUT2D eigenvalue weighted by Gasteiger charge is -2.11. The van der Waals surface area contributed by atoms with E-state index in [9.17, 15) is 0 Å². The Hall–Kier alpha value is -0.830. The first-order valence-corrected chi connectivity index (χ1v) is 4.44. The van der Waals surface area contributed by atoms with Crippen molar-refractivity contribution in [2.75, 3.05) is 18.5 Å². The molecule has 0 fully saturated rings. The van der Waals surface area contributed by atoms with Crippen molar-refractivity contribution in [1.82, 2.24) is 4.98 Å². The molecular weight excluding hydrogens is 156 g/mol. The second-order valence-corrected chi connectivity index (χ2v) is 3.14. The minimum atomic E-state index is 0.935. The third kappa shape index (κ3) is 2.35. The Balaban J connectivity index is 2.49. The molecule has 0 aliphatic heterocycles. The maximum Gasteiger partial charge on any atom is 0.185 e. The van der Waals surface area contributed by atoms with Crippen LogP contribution in [0, 0.1) is 0 Å². The molecule has 0 aromatic carbocycles. The Morgan fingerprint density at radius 3 is 3.09 bits per heavy atom. The first-order chi connectivity index (χ1) is 5.34.